The summed E-state index contributed by atoms with van der Waals surface area (Å²) in [6, 6.07) is 5.16. The third-order valence-electron chi connectivity index (χ3n) is 4.06. The maximum atomic E-state index is 12.3. The van der Waals surface area contributed by atoms with Gasteiger partial charge in [-0.15, -0.1) is 0 Å². The standard InChI is InChI=1S/C18H24ClNO4/c1-13-11-15(19)7-8-16(13)23-12-17(21)24-14(2)18(22)20-9-5-3-4-6-10-20/h7-8,11,14H,3-6,9-10,12H2,1-2H3. The molecule has 0 aromatic heterocycles. The molecule has 0 saturated carbocycles. The molecule has 1 saturated heterocycles. The molecule has 1 heterocycles. The Kier molecular flexibility index (Phi) is 6.91. The van der Waals surface area contributed by atoms with Crippen LogP contribution in [0.4, 0.5) is 0 Å². The number of hydrogen-bond donors (Lipinski definition) is 0. The average molecular weight is 354 g/mol. The molecule has 0 aliphatic carbocycles. The molecule has 0 spiro atoms. The highest BCUT2D eigenvalue weighted by Crippen LogP contribution is 2.21. The molecular weight excluding hydrogens is 330 g/mol. The molecule has 1 fully saturated rings. The zero-order valence-electron chi connectivity index (χ0n) is 14.2. The fraction of sp³-hybridized carbons (Fsp3) is 0.556. The largest absolute Gasteiger partial charge is 0.482 e. The average Bonchev–Trinajstić information content (AvgIpc) is 2.82. The first kappa shape index (κ1) is 18.6. The smallest absolute Gasteiger partial charge is 0.344 e. The molecule has 5 nitrogen and oxygen atoms in total. The van der Waals surface area contributed by atoms with E-state index in [9.17, 15) is 9.59 Å². The lowest BCUT2D eigenvalue weighted by atomic mass is 10.2. The predicted molar refractivity (Wildman–Crippen MR) is 92.3 cm³/mol. The molecule has 24 heavy (non-hydrogen) atoms. The van der Waals surface area contributed by atoms with Crippen LogP contribution in [0.5, 0.6) is 5.75 Å². The van der Waals surface area contributed by atoms with Crippen molar-refractivity contribution in [3.63, 3.8) is 0 Å². The van der Waals surface area contributed by atoms with Gasteiger partial charge in [0.1, 0.15) is 5.75 Å². The number of ether oxygens (including phenoxy) is 2. The summed E-state index contributed by atoms with van der Waals surface area (Å²) < 4.78 is 10.7. The predicted octanol–water partition coefficient (Wildman–Crippen LogP) is 3.36. The molecule has 0 N–H and O–H groups in total. The summed E-state index contributed by atoms with van der Waals surface area (Å²) in [6.45, 7) is 4.69. The summed E-state index contributed by atoms with van der Waals surface area (Å²) in [6.07, 6.45) is 3.51. The van der Waals surface area contributed by atoms with Crippen LogP contribution in [0.3, 0.4) is 0 Å². The number of aryl methyl sites for hydroxylation is 1. The van der Waals surface area contributed by atoms with Crippen LogP contribution in [-0.2, 0) is 14.3 Å². The van der Waals surface area contributed by atoms with Gasteiger partial charge in [0.2, 0.25) is 0 Å². The van der Waals surface area contributed by atoms with Crippen LogP contribution in [0, 0.1) is 6.92 Å². The van der Waals surface area contributed by atoms with Gasteiger partial charge in [0.25, 0.3) is 5.91 Å². The number of carbonyl (C=O) groups excluding carboxylic acids is 2. The summed E-state index contributed by atoms with van der Waals surface area (Å²) >= 11 is 5.88. The van der Waals surface area contributed by atoms with Crippen molar-refractivity contribution in [2.45, 2.75) is 45.6 Å². The van der Waals surface area contributed by atoms with E-state index in [4.69, 9.17) is 21.1 Å². The Labute approximate surface area is 147 Å². The summed E-state index contributed by atoms with van der Waals surface area (Å²) in [7, 11) is 0. The Morgan fingerprint density at radius 1 is 1.21 bits per heavy atom. The van der Waals surface area contributed by atoms with E-state index in [-0.39, 0.29) is 12.5 Å². The molecule has 1 aromatic carbocycles. The summed E-state index contributed by atoms with van der Waals surface area (Å²) in [5, 5.41) is 0.610. The first-order valence-corrected chi connectivity index (χ1v) is 8.72. The Morgan fingerprint density at radius 2 is 1.88 bits per heavy atom. The molecule has 1 aromatic rings. The highest BCUT2D eigenvalue weighted by Gasteiger charge is 2.24. The van der Waals surface area contributed by atoms with Gasteiger partial charge >= 0.3 is 5.97 Å². The van der Waals surface area contributed by atoms with Crippen molar-refractivity contribution in [1.29, 1.82) is 0 Å². The molecule has 1 aliphatic heterocycles. The molecule has 1 amide bonds. The maximum absolute atomic E-state index is 12.3. The molecule has 1 unspecified atom stereocenters. The second-order valence-corrected chi connectivity index (χ2v) is 6.51. The van der Waals surface area contributed by atoms with Gasteiger partial charge in [-0.1, -0.05) is 24.4 Å². The number of rotatable bonds is 5. The van der Waals surface area contributed by atoms with E-state index in [1.165, 1.54) is 0 Å². The third-order valence-corrected chi connectivity index (χ3v) is 4.29. The number of carbonyl (C=O) groups is 2. The fourth-order valence-corrected chi connectivity index (χ4v) is 2.97. The minimum atomic E-state index is -0.787. The maximum Gasteiger partial charge on any atom is 0.344 e. The van der Waals surface area contributed by atoms with E-state index in [1.54, 1.807) is 30.0 Å². The Morgan fingerprint density at radius 3 is 2.50 bits per heavy atom. The van der Waals surface area contributed by atoms with E-state index in [0.29, 0.717) is 10.8 Å². The summed E-state index contributed by atoms with van der Waals surface area (Å²) in [4.78, 5) is 26.0. The van der Waals surface area contributed by atoms with Crippen molar-refractivity contribution in [1.82, 2.24) is 4.90 Å². The van der Waals surface area contributed by atoms with Crippen LogP contribution in [0.1, 0.15) is 38.2 Å². The van der Waals surface area contributed by atoms with Gasteiger partial charge in [-0.2, -0.15) is 0 Å². The van der Waals surface area contributed by atoms with Crippen molar-refractivity contribution in [3.8, 4) is 5.75 Å². The van der Waals surface area contributed by atoms with Gasteiger partial charge in [-0.05, 0) is 50.5 Å². The van der Waals surface area contributed by atoms with Crippen LogP contribution < -0.4 is 4.74 Å². The Bertz CT molecular complexity index is 582. The zero-order chi connectivity index (χ0) is 17.5. The Hall–Kier alpha value is -1.75. The summed E-state index contributed by atoms with van der Waals surface area (Å²) in [5.74, 6) is -0.115. The molecule has 132 valence electrons. The molecule has 2 rings (SSSR count). The fourth-order valence-electron chi connectivity index (χ4n) is 2.74. The normalized spacial score (nSPS) is 16.2. The van der Waals surface area contributed by atoms with Gasteiger partial charge in [0.05, 0.1) is 0 Å². The van der Waals surface area contributed by atoms with Gasteiger partial charge in [0, 0.05) is 18.1 Å². The number of halogens is 1. The lowest BCUT2D eigenvalue weighted by Gasteiger charge is -2.24. The monoisotopic (exact) mass is 353 g/mol. The van der Waals surface area contributed by atoms with Crippen molar-refractivity contribution < 1.29 is 19.1 Å². The van der Waals surface area contributed by atoms with Gasteiger partial charge in [0.15, 0.2) is 12.7 Å². The first-order valence-electron chi connectivity index (χ1n) is 8.34. The number of amides is 1. The van der Waals surface area contributed by atoms with Crippen LogP contribution in [-0.4, -0.2) is 42.6 Å². The van der Waals surface area contributed by atoms with Gasteiger partial charge in [-0.25, -0.2) is 4.79 Å². The lowest BCUT2D eigenvalue weighted by molar-refractivity contribution is -0.160. The summed E-state index contributed by atoms with van der Waals surface area (Å²) in [5.41, 5.74) is 0.837. The second kappa shape index (κ2) is 8.92. The quantitative estimate of drug-likeness (QED) is 0.762. The van der Waals surface area contributed by atoms with Crippen molar-refractivity contribution in [3.05, 3.63) is 28.8 Å². The molecule has 0 radical (unpaired) electrons. The van der Waals surface area contributed by atoms with Gasteiger partial charge in [-0.3, -0.25) is 4.79 Å². The molecular formula is C18H24ClNO4. The number of nitrogens with zero attached hydrogens (tertiary/aromatic N) is 1. The minimum absolute atomic E-state index is 0.132. The molecule has 1 atom stereocenters. The third kappa shape index (κ3) is 5.41. The van der Waals surface area contributed by atoms with E-state index in [0.717, 1.165) is 44.3 Å². The molecule has 6 heteroatoms. The topological polar surface area (TPSA) is 55.8 Å². The number of hydrogen-bond acceptors (Lipinski definition) is 4. The van der Waals surface area contributed by atoms with Crippen molar-refractivity contribution in [2.24, 2.45) is 0 Å². The van der Waals surface area contributed by atoms with E-state index < -0.39 is 12.1 Å². The van der Waals surface area contributed by atoms with E-state index in [1.807, 2.05) is 6.92 Å². The van der Waals surface area contributed by atoms with E-state index in [2.05, 4.69) is 0 Å². The molecule has 0 bridgehead atoms. The lowest BCUT2D eigenvalue weighted by Crippen LogP contribution is -2.41. The minimum Gasteiger partial charge on any atom is -0.482 e. The number of esters is 1. The van der Waals surface area contributed by atoms with Gasteiger partial charge < -0.3 is 14.4 Å². The number of likely N-dealkylation sites (tertiary alicyclic amines) is 1. The SMILES string of the molecule is Cc1cc(Cl)ccc1OCC(=O)OC(C)C(=O)N1CCCCCC1. The van der Waals surface area contributed by atoms with Crippen LogP contribution >= 0.6 is 11.6 Å². The highest BCUT2D eigenvalue weighted by molar-refractivity contribution is 6.30. The van der Waals surface area contributed by atoms with Crippen LogP contribution in [0.15, 0.2) is 18.2 Å². The Balaban J connectivity index is 1.81. The van der Waals surface area contributed by atoms with Crippen LogP contribution in [0.25, 0.3) is 0 Å². The zero-order valence-corrected chi connectivity index (χ0v) is 15.0. The van der Waals surface area contributed by atoms with Crippen LogP contribution in [0.2, 0.25) is 5.02 Å². The first-order chi connectivity index (χ1) is 11.5. The second-order valence-electron chi connectivity index (χ2n) is 6.07. The number of benzene rings is 1. The molecule has 1 aliphatic rings. The highest BCUT2D eigenvalue weighted by atomic mass is 35.5. The van der Waals surface area contributed by atoms with E-state index >= 15 is 0 Å². The van der Waals surface area contributed by atoms with Crippen molar-refractivity contribution >= 4 is 23.5 Å². The van der Waals surface area contributed by atoms with Crippen molar-refractivity contribution in [2.75, 3.05) is 19.7 Å².